The van der Waals surface area contributed by atoms with Gasteiger partial charge >= 0.3 is 6.09 Å². The van der Waals surface area contributed by atoms with E-state index >= 15 is 8.78 Å². The molecule has 4 aromatic carbocycles. The minimum Gasteiger partial charge on any atom is -0.444 e. The zero-order valence-electron chi connectivity index (χ0n) is 44.2. The highest BCUT2D eigenvalue weighted by Crippen LogP contribution is 2.43. The number of hydrogen-bond donors (Lipinski definition) is 5. The molecule has 0 aliphatic carbocycles. The van der Waals surface area contributed by atoms with Crippen LogP contribution in [0.4, 0.5) is 29.5 Å². The number of ether oxygens (including phenoxy) is 2. The summed E-state index contributed by atoms with van der Waals surface area (Å²) in [6, 6.07) is 17.9. The molecule has 0 fully saturated rings. The molecule has 0 atom stereocenters. The van der Waals surface area contributed by atoms with Crippen LogP contribution < -0.4 is 31.5 Å². The molecule has 1 aliphatic heterocycles. The van der Waals surface area contributed by atoms with Crippen LogP contribution in [0.2, 0.25) is 5.02 Å². The molecule has 23 heteroatoms. The predicted molar refractivity (Wildman–Crippen MR) is 293 cm³/mol. The van der Waals surface area contributed by atoms with Crippen molar-refractivity contribution in [3.8, 4) is 23.7 Å². The van der Waals surface area contributed by atoms with E-state index in [4.69, 9.17) is 26.1 Å². The van der Waals surface area contributed by atoms with Crippen LogP contribution in [0.5, 0.6) is 0 Å². The van der Waals surface area contributed by atoms with Gasteiger partial charge < -0.3 is 41.0 Å². The first kappa shape index (κ1) is 58.5. The third-order valence-corrected chi connectivity index (χ3v) is 13.2. The lowest BCUT2D eigenvalue weighted by Crippen LogP contribution is -2.36. The summed E-state index contributed by atoms with van der Waals surface area (Å²) in [7, 11) is 0. The lowest BCUT2D eigenvalue weighted by atomic mass is 9.86. The first-order chi connectivity index (χ1) is 37.7. The van der Waals surface area contributed by atoms with E-state index < -0.39 is 64.4 Å². The van der Waals surface area contributed by atoms with Crippen LogP contribution in [0.1, 0.15) is 91.7 Å². The molecular weight excluding hydrogens is 1060 g/mol. The van der Waals surface area contributed by atoms with Gasteiger partial charge in [-0.3, -0.25) is 19.2 Å². The van der Waals surface area contributed by atoms with Crippen molar-refractivity contribution in [1.82, 2.24) is 46.2 Å². The lowest BCUT2D eigenvalue weighted by Gasteiger charge is -2.21. The Morgan fingerprint density at radius 3 is 2.13 bits per heavy atom. The zero-order valence-corrected chi connectivity index (χ0v) is 45.7. The van der Waals surface area contributed by atoms with E-state index in [1.165, 1.54) is 47.0 Å². The fourth-order valence-electron chi connectivity index (χ4n) is 7.87. The Morgan fingerprint density at radius 2 is 1.47 bits per heavy atom. The van der Waals surface area contributed by atoms with Crippen molar-refractivity contribution in [1.29, 1.82) is 0 Å². The average molecular weight is 1120 g/mol. The molecular formula is C56H57ClF3N11O7S. The van der Waals surface area contributed by atoms with Crippen LogP contribution >= 0.6 is 23.4 Å². The number of nitrogens with one attached hydrogen (secondary N) is 5. The molecule has 1 aliphatic rings. The summed E-state index contributed by atoms with van der Waals surface area (Å²) in [5.74, 6) is 6.55. The Labute approximate surface area is 463 Å². The van der Waals surface area contributed by atoms with Crippen molar-refractivity contribution < 1.29 is 46.6 Å². The molecule has 0 spiro atoms. The highest BCUT2D eigenvalue weighted by Gasteiger charge is 2.44. The number of fused-ring (bicyclic) bond motifs is 2. The molecule has 0 bridgehead atoms. The van der Waals surface area contributed by atoms with Gasteiger partial charge in [0.15, 0.2) is 22.1 Å². The summed E-state index contributed by atoms with van der Waals surface area (Å²) in [5, 5.41) is 23.0. The van der Waals surface area contributed by atoms with Gasteiger partial charge in [-0.05, 0) is 101 Å². The van der Waals surface area contributed by atoms with E-state index in [2.05, 4.69) is 72.5 Å². The van der Waals surface area contributed by atoms with Gasteiger partial charge in [0.2, 0.25) is 5.91 Å². The van der Waals surface area contributed by atoms with Gasteiger partial charge in [0.1, 0.15) is 23.1 Å². The largest absolute Gasteiger partial charge is 0.444 e. The fraction of sp³-hybridized carbons (Fsp3) is 0.339. The Kier molecular flexibility index (Phi) is 19.6. The van der Waals surface area contributed by atoms with E-state index in [1.54, 1.807) is 57.5 Å². The standard InChI is InChI=1S/C56H57ClF3N11O7S/c1-7-27-79-53-66-49(63-21-22-64-54(76)78-55(2,3)4)48-50(67-53)71(69-68-48)32-35-13-11-34(12-14-35)15-19-46(72)61-23-25-77-26-24-62-47(73)20-16-36-28-43(59)38(44(60)29-36)31-65-51(74)37-17-18-40-45(30-37)70(52(75)56(40,5)6)33-39-41(57)9-8-10-42(39)58/h8-14,17-18,28-30H,7,21-27,31-33H2,1-6H3,(H,61,72)(H,62,73)(H,64,76)(H,65,74)(H,63,66,67). The van der Waals surface area contributed by atoms with Gasteiger partial charge in [-0.25, -0.2) is 32.6 Å². The van der Waals surface area contributed by atoms with E-state index in [9.17, 15) is 28.4 Å². The number of nitrogens with zero attached hydrogens (tertiary/aromatic N) is 6. The summed E-state index contributed by atoms with van der Waals surface area (Å²) in [5.41, 5.74) is 1.56. The van der Waals surface area contributed by atoms with Gasteiger partial charge in [-0.2, -0.15) is 0 Å². The van der Waals surface area contributed by atoms with Crippen LogP contribution in [-0.2, 0) is 48.9 Å². The number of benzene rings is 4. The van der Waals surface area contributed by atoms with Gasteiger partial charge in [0.25, 0.3) is 17.7 Å². The number of carbonyl (C=O) groups is 5. The number of halogens is 4. The number of hydrogen-bond acceptors (Lipinski definition) is 13. The van der Waals surface area contributed by atoms with Crippen LogP contribution in [0.3, 0.4) is 0 Å². The lowest BCUT2D eigenvalue weighted by molar-refractivity contribution is -0.122. The van der Waals surface area contributed by atoms with Gasteiger partial charge in [-0.15, -0.1) is 5.10 Å². The van der Waals surface area contributed by atoms with Crippen LogP contribution in [0.25, 0.3) is 11.2 Å². The smallest absolute Gasteiger partial charge is 0.407 e. The molecule has 7 rings (SSSR count). The van der Waals surface area contributed by atoms with Crippen molar-refractivity contribution in [3.63, 3.8) is 0 Å². The maximum Gasteiger partial charge on any atom is 0.407 e. The molecule has 2 aromatic heterocycles. The second-order valence-electron chi connectivity index (χ2n) is 19.3. The molecule has 0 radical (unpaired) electrons. The summed E-state index contributed by atoms with van der Waals surface area (Å²) >= 11 is 7.76. The van der Waals surface area contributed by atoms with Crippen molar-refractivity contribution >= 4 is 75.8 Å². The number of aromatic nitrogens is 5. The molecule has 0 unspecified atom stereocenters. The highest BCUT2D eigenvalue weighted by atomic mass is 35.5. The molecule has 79 heavy (non-hydrogen) atoms. The molecule has 3 heterocycles. The molecule has 18 nitrogen and oxygen atoms in total. The predicted octanol–water partition coefficient (Wildman–Crippen LogP) is 7.19. The van der Waals surface area contributed by atoms with Crippen LogP contribution in [0, 0.1) is 41.1 Å². The molecule has 0 saturated carbocycles. The Bertz CT molecular complexity index is 3360. The number of carbonyl (C=O) groups excluding carboxylic acids is 5. The van der Waals surface area contributed by atoms with Gasteiger partial charge in [0, 0.05) is 88.8 Å². The Morgan fingerprint density at radius 1 is 0.785 bits per heavy atom. The third kappa shape index (κ3) is 15.7. The van der Waals surface area contributed by atoms with E-state index in [0.29, 0.717) is 58.6 Å². The third-order valence-electron chi connectivity index (χ3n) is 11.8. The Hall–Kier alpha value is -8.18. The Balaban J connectivity index is 0.811. The quantitative estimate of drug-likeness (QED) is 0.0221. The number of amides is 5. The highest BCUT2D eigenvalue weighted by molar-refractivity contribution is 7.99. The monoisotopic (exact) mass is 1120 g/mol. The number of thioether (sulfide) groups is 1. The van der Waals surface area contributed by atoms with Crippen molar-refractivity contribution in [2.45, 2.75) is 83.8 Å². The molecule has 5 N–H and O–H groups in total. The molecule has 0 saturated heterocycles. The molecule has 5 amide bonds. The minimum atomic E-state index is -1.00. The summed E-state index contributed by atoms with van der Waals surface area (Å²) in [6.07, 6.45) is 0.415. The van der Waals surface area contributed by atoms with Gasteiger partial charge in [-0.1, -0.05) is 71.6 Å². The maximum absolute atomic E-state index is 15.1. The van der Waals surface area contributed by atoms with E-state index in [0.717, 1.165) is 29.9 Å². The fourth-order valence-corrected chi connectivity index (χ4v) is 8.79. The first-order valence-corrected chi connectivity index (χ1v) is 26.4. The van der Waals surface area contributed by atoms with Crippen molar-refractivity contribution in [2.24, 2.45) is 0 Å². The summed E-state index contributed by atoms with van der Waals surface area (Å²) in [6.45, 7) is 11.6. The summed E-state index contributed by atoms with van der Waals surface area (Å²) in [4.78, 5) is 74.2. The number of anilines is 2. The second-order valence-corrected chi connectivity index (χ2v) is 20.8. The van der Waals surface area contributed by atoms with Crippen molar-refractivity contribution in [3.05, 3.63) is 134 Å². The van der Waals surface area contributed by atoms with Crippen molar-refractivity contribution in [2.75, 3.05) is 55.4 Å². The molecule has 412 valence electrons. The zero-order chi connectivity index (χ0) is 56.9. The van der Waals surface area contributed by atoms with E-state index in [-0.39, 0.29) is 60.5 Å². The maximum atomic E-state index is 15.1. The van der Waals surface area contributed by atoms with Crippen LogP contribution in [-0.4, -0.2) is 105 Å². The number of alkyl carbamates (subject to hydrolysis) is 1. The minimum absolute atomic E-state index is 0.0592. The number of rotatable bonds is 20. The van der Waals surface area contributed by atoms with Crippen LogP contribution in [0.15, 0.2) is 78.0 Å². The second kappa shape index (κ2) is 26.4. The van der Waals surface area contributed by atoms with Gasteiger partial charge in [0.05, 0.1) is 31.7 Å². The average Bonchev–Trinajstić information content (AvgIpc) is 3.89. The SMILES string of the molecule is CCCSc1nc(NCCNC(=O)OC(C)(C)C)c2nnn(Cc3ccc(C#CC(=O)NCCOCCNC(=O)C#Cc4cc(F)c(CNC(=O)c5ccc6c(c5)N(Cc5c(F)cccc5Cl)C(=O)C6(C)C)c(F)c4)cc3)c2n1. The topological polar surface area (TPSA) is 224 Å². The van der Waals surface area contributed by atoms with E-state index in [1.807, 2.05) is 12.1 Å². The summed E-state index contributed by atoms with van der Waals surface area (Å²) < 4.78 is 57.4. The first-order valence-electron chi connectivity index (χ1n) is 25.1. The molecule has 6 aromatic rings. The normalized spacial score (nSPS) is 12.4.